The minimum atomic E-state index is -1.88. The van der Waals surface area contributed by atoms with Crippen molar-refractivity contribution in [3.63, 3.8) is 0 Å². The number of aromatic nitrogens is 2. The number of halogens is 1. The molecule has 1 fully saturated rings. The highest BCUT2D eigenvalue weighted by Gasteiger charge is 2.36. The second-order valence-electron chi connectivity index (χ2n) is 8.90. The lowest BCUT2D eigenvalue weighted by atomic mass is 10.0. The molecule has 0 bridgehead atoms. The largest absolute Gasteiger partial charge is 0.478 e. The summed E-state index contributed by atoms with van der Waals surface area (Å²) in [6.45, 7) is 0.464. The molecule has 1 aliphatic rings. The number of likely N-dealkylation sites (tertiary alicyclic amines) is 1. The Hall–Kier alpha value is -4.31. The topological polar surface area (TPSA) is 118 Å². The molecule has 0 saturated carbocycles. The van der Waals surface area contributed by atoms with Crippen molar-refractivity contribution in [2.24, 2.45) is 0 Å². The van der Waals surface area contributed by atoms with Crippen LogP contribution < -0.4 is 10.1 Å². The summed E-state index contributed by atoms with van der Waals surface area (Å²) in [5.74, 6) is -1.32. The predicted octanol–water partition coefficient (Wildman–Crippen LogP) is 4.88. The molecule has 0 aliphatic carbocycles. The Labute approximate surface area is 211 Å². The van der Waals surface area contributed by atoms with E-state index in [1.165, 1.54) is 17.0 Å². The maximum atomic E-state index is 15.0. The summed E-state index contributed by atoms with van der Waals surface area (Å²) in [4.78, 5) is 33.7. The molecule has 2 aromatic carbocycles. The molecule has 9 nitrogen and oxygen atoms in total. The Balaban J connectivity index is 1.24. The average molecular weight is 505 g/mol. The third-order valence-electron chi connectivity index (χ3n) is 6.35. The van der Waals surface area contributed by atoms with Crippen molar-refractivity contribution in [2.45, 2.75) is 38.7 Å². The number of carbonyl (C=O) groups is 2. The molecule has 37 heavy (non-hydrogen) atoms. The lowest BCUT2D eigenvalue weighted by Crippen LogP contribution is -2.44. The molecule has 4 aromatic rings. The van der Waals surface area contributed by atoms with Crippen LogP contribution in [0.1, 0.15) is 34.3 Å². The Morgan fingerprint density at radius 2 is 2.08 bits per heavy atom. The highest BCUT2D eigenvalue weighted by molar-refractivity contribution is 5.88. The number of para-hydroxylation sites is 1. The van der Waals surface area contributed by atoms with Gasteiger partial charge in [-0.3, -0.25) is 4.79 Å². The second-order valence-corrected chi connectivity index (χ2v) is 8.90. The SMILES string of the molecule is Cc1ccccc1Nc1nc2ccc(CC(=O)[C@@H]3CCCN3[C@H](F)Oc3ccc(C(=O)O)cn3)cc2o1. The smallest absolute Gasteiger partial charge is 0.337 e. The molecule has 2 N–H and O–H groups in total. The van der Waals surface area contributed by atoms with Crippen LogP contribution in [0.5, 0.6) is 5.88 Å². The minimum absolute atomic E-state index is 0.0289. The summed E-state index contributed by atoms with van der Waals surface area (Å²) < 4.78 is 26.1. The molecular formula is C27H25FN4O5. The normalized spacial score (nSPS) is 16.5. The van der Waals surface area contributed by atoms with Crippen molar-refractivity contribution in [3.05, 3.63) is 77.5 Å². The molecule has 1 aliphatic heterocycles. The molecule has 10 heteroatoms. The van der Waals surface area contributed by atoms with Crippen LogP contribution in [0.2, 0.25) is 0 Å². The van der Waals surface area contributed by atoms with Crippen molar-refractivity contribution >= 4 is 34.6 Å². The molecule has 0 unspecified atom stereocenters. The molecule has 3 heterocycles. The number of ketones is 1. The van der Waals surface area contributed by atoms with Gasteiger partial charge in [0.25, 0.3) is 6.01 Å². The zero-order valence-electron chi connectivity index (χ0n) is 20.1. The van der Waals surface area contributed by atoms with Crippen LogP contribution in [-0.4, -0.2) is 50.8 Å². The highest BCUT2D eigenvalue weighted by Crippen LogP contribution is 2.27. The van der Waals surface area contributed by atoms with Crippen LogP contribution in [0.15, 0.2) is 65.2 Å². The number of hydrogen-bond acceptors (Lipinski definition) is 8. The monoisotopic (exact) mass is 504 g/mol. The quantitative estimate of drug-likeness (QED) is 0.307. The van der Waals surface area contributed by atoms with Crippen molar-refractivity contribution < 1.29 is 28.2 Å². The van der Waals surface area contributed by atoms with Crippen LogP contribution >= 0.6 is 0 Å². The summed E-state index contributed by atoms with van der Waals surface area (Å²) in [6.07, 6.45) is 2.37. The van der Waals surface area contributed by atoms with E-state index in [2.05, 4.69) is 15.3 Å². The summed E-state index contributed by atoms with van der Waals surface area (Å²) in [6, 6.07) is 15.5. The number of Topliss-reactive ketones (excluding diaryl/α,β-unsaturated/α-hetero) is 1. The summed E-state index contributed by atoms with van der Waals surface area (Å²) in [7, 11) is 0. The van der Waals surface area contributed by atoms with Gasteiger partial charge in [0, 0.05) is 30.9 Å². The Kier molecular flexibility index (Phi) is 6.82. The number of ether oxygens (including phenoxy) is 1. The third-order valence-corrected chi connectivity index (χ3v) is 6.35. The van der Waals surface area contributed by atoms with Crippen LogP contribution in [0.4, 0.5) is 16.1 Å². The number of anilines is 2. The maximum absolute atomic E-state index is 15.0. The number of carbonyl (C=O) groups excluding carboxylic acids is 1. The fourth-order valence-corrected chi connectivity index (χ4v) is 4.40. The van der Waals surface area contributed by atoms with E-state index in [0.717, 1.165) is 23.0 Å². The van der Waals surface area contributed by atoms with Crippen LogP contribution in [0.25, 0.3) is 11.1 Å². The molecule has 5 rings (SSSR count). The molecule has 0 amide bonds. The van der Waals surface area contributed by atoms with Gasteiger partial charge in [0.15, 0.2) is 11.4 Å². The number of hydrogen-bond donors (Lipinski definition) is 2. The summed E-state index contributed by atoms with van der Waals surface area (Å²) in [5.41, 5.74) is 3.87. The van der Waals surface area contributed by atoms with Gasteiger partial charge in [-0.25, -0.2) is 14.7 Å². The number of carboxylic acid groups (broad SMARTS) is 1. The van der Waals surface area contributed by atoms with E-state index >= 15 is 0 Å². The van der Waals surface area contributed by atoms with E-state index in [4.69, 9.17) is 14.3 Å². The van der Waals surface area contributed by atoms with Gasteiger partial charge in [-0.05, 0) is 55.2 Å². The first-order valence-corrected chi connectivity index (χ1v) is 11.9. The van der Waals surface area contributed by atoms with Crippen molar-refractivity contribution in [1.29, 1.82) is 0 Å². The van der Waals surface area contributed by atoms with Gasteiger partial charge < -0.3 is 19.6 Å². The predicted molar refractivity (Wildman–Crippen MR) is 134 cm³/mol. The van der Waals surface area contributed by atoms with E-state index in [-0.39, 0.29) is 23.6 Å². The Bertz CT molecular complexity index is 1440. The molecule has 0 spiro atoms. The van der Waals surface area contributed by atoms with Crippen molar-refractivity contribution in [1.82, 2.24) is 14.9 Å². The standard InChI is InChI=1S/C27H25FN4O5/c1-16-5-2-3-6-19(16)30-27-31-20-10-8-17(14-23(20)36-27)13-22(33)21-7-4-12-32(21)26(28)37-24-11-9-18(15-29-24)25(34)35/h2-3,5-6,8-11,14-15,21,26H,4,7,12-13H2,1H3,(H,30,31)(H,34,35)/t21-,26-/m0/s1. The lowest BCUT2D eigenvalue weighted by molar-refractivity contribution is -0.133. The number of rotatable bonds is 9. The first-order chi connectivity index (χ1) is 17.9. The molecular weight excluding hydrogens is 479 g/mol. The number of fused-ring (bicyclic) bond motifs is 1. The number of nitrogens with zero attached hydrogens (tertiary/aromatic N) is 3. The molecule has 2 aromatic heterocycles. The van der Waals surface area contributed by atoms with Gasteiger partial charge in [-0.15, -0.1) is 0 Å². The number of pyridine rings is 1. The number of alkyl halides is 1. The average Bonchev–Trinajstić information content (AvgIpc) is 3.53. The van der Waals surface area contributed by atoms with Crippen LogP contribution in [0, 0.1) is 6.92 Å². The van der Waals surface area contributed by atoms with Crippen molar-refractivity contribution in [2.75, 3.05) is 11.9 Å². The number of aryl methyl sites for hydroxylation is 1. The molecule has 1 saturated heterocycles. The van der Waals surface area contributed by atoms with E-state index < -0.39 is 18.5 Å². The molecule has 190 valence electrons. The van der Waals surface area contributed by atoms with Crippen LogP contribution in [-0.2, 0) is 11.2 Å². The minimum Gasteiger partial charge on any atom is -0.478 e. The van der Waals surface area contributed by atoms with Gasteiger partial charge in [0.1, 0.15) is 5.52 Å². The Morgan fingerprint density at radius 3 is 2.84 bits per heavy atom. The zero-order chi connectivity index (χ0) is 25.9. The van der Waals surface area contributed by atoms with Crippen LogP contribution in [0.3, 0.4) is 0 Å². The second kappa shape index (κ2) is 10.4. The fourth-order valence-electron chi connectivity index (χ4n) is 4.40. The number of aromatic carboxylic acids is 1. The highest BCUT2D eigenvalue weighted by atomic mass is 19.1. The first kappa shape index (κ1) is 24.4. The van der Waals surface area contributed by atoms with Gasteiger partial charge in [0.2, 0.25) is 5.88 Å². The van der Waals surface area contributed by atoms with Gasteiger partial charge >= 0.3 is 12.5 Å². The maximum Gasteiger partial charge on any atom is 0.337 e. The zero-order valence-corrected chi connectivity index (χ0v) is 20.1. The van der Waals surface area contributed by atoms with Gasteiger partial charge in [-0.2, -0.15) is 9.37 Å². The number of benzene rings is 2. The third kappa shape index (κ3) is 5.44. The van der Waals surface area contributed by atoms with Gasteiger partial charge in [-0.1, -0.05) is 24.3 Å². The van der Waals surface area contributed by atoms with E-state index in [1.807, 2.05) is 37.3 Å². The number of nitrogens with one attached hydrogen (secondary N) is 1. The lowest BCUT2D eigenvalue weighted by Gasteiger charge is -2.26. The summed E-state index contributed by atoms with van der Waals surface area (Å²) >= 11 is 0. The first-order valence-electron chi connectivity index (χ1n) is 11.9. The molecule has 2 atom stereocenters. The fraction of sp³-hybridized carbons (Fsp3) is 0.259. The van der Waals surface area contributed by atoms with Crippen molar-refractivity contribution in [3.8, 4) is 5.88 Å². The number of oxazole rings is 1. The van der Waals surface area contributed by atoms with E-state index in [0.29, 0.717) is 36.5 Å². The van der Waals surface area contributed by atoms with E-state index in [9.17, 15) is 14.0 Å². The molecule has 0 radical (unpaired) electrons. The Morgan fingerprint density at radius 1 is 1.24 bits per heavy atom. The van der Waals surface area contributed by atoms with E-state index in [1.54, 1.807) is 12.1 Å². The number of carboxylic acids is 1. The summed E-state index contributed by atoms with van der Waals surface area (Å²) in [5, 5.41) is 12.1. The van der Waals surface area contributed by atoms with Gasteiger partial charge in [0.05, 0.1) is 11.6 Å².